The van der Waals surface area contributed by atoms with Crippen LogP contribution in [0.2, 0.25) is 0 Å². The van der Waals surface area contributed by atoms with Crippen LogP contribution < -0.4 is 0 Å². The van der Waals surface area contributed by atoms with Crippen molar-refractivity contribution in [3.63, 3.8) is 0 Å². The van der Waals surface area contributed by atoms with Gasteiger partial charge in [-0.2, -0.15) is 0 Å². The van der Waals surface area contributed by atoms with Gasteiger partial charge in [-0.1, -0.05) is 34.6 Å². The van der Waals surface area contributed by atoms with Crippen LogP contribution in [-0.2, 0) is 0 Å². The molecule has 1 heterocycles. The molecule has 76 valence electrons. The minimum Gasteiger partial charge on any atom is -0.392 e. The van der Waals surface area contributed by atoms with Gasteiger partial charge in [0.1, 0.15) is 0 Å². The van der Waals surface area contributed by atoms with Gasteiger partial charge in [-0.3, -0.25) is 0 Å². The van der Waals surface area contributed by atoms with Crippen LogP contribution >= 0.6 is 0 Å². The van der Waals surface area contributed by atoms with Gasteiger partial charge in [0.25, 0.3) is 0 Å². The van der Waals surface area contributed by atoms with Crippen molar-refractivity contribution >= 4 is 0 Å². The fourth-order valence-corrected chi connectivity index (χ4v) is 1.10. The smallest absolute Gasteiger partial charge is 0.0679 e. The average Bonchev–Trinajstić information content (AvgIpc) is 2.58. The molecule has 1 saturated heterocycles. The van der Waals surface area contributed by atoms with Gasteiger partial charge in [0, 0.05) is 13.1 Å². The van der Waals surface area contributed by atoms with Crippen molar-refractivity contribution < 1.29 is 5.11 Å². The Hall–Kier alpha value is -0.0800. The van der Waals surface area contributed by atoms with E-state index in [0.717, 1.165) is 26.1 Å². The van der Waals surface area contributed by atoms with Crippen molar-refractivity contribution in [2.75, 3.05) is 19.6 Å². The van der Waals surface area contributed by atoms with Gasteiger partial charge in [-0.05, 0) is 13.0 Å². The molecule has 0 amide bonds. The molecule has 1 atom stereocenters. The van der Waals surface area contributed by atoms with E-state index in [1.54, 1.807) is 0 Å². The molecular formula is C10H25NO. The van der Waals surface area contributed by atoms with Crippen molar-refractivity contribution in [2.45, 2.75) is 47.1 Å². The van der Waals surface area contributed by atoms with E-state index >= 15 is 0 Å². The third kappa shape index (κ3) is 6.62. The highest BCUT2D eigenvalue weighted by Gasteiger charge is 2.17. The Morgan fingerprint density at radius 2 is 1.75 bits per heavy atom. The Kier molecular flexibility index (Phi) is 13.1. The Bertz CT molecular complexity index is 76.2. The second kappa shape index (κ2) is 10.9. The van der Waals surface area contributed by atoms with Crippen LogP contribution in [0.15, 0.2) is 0 Å². The first-order chi connectivity index (χ1) is 5.83. The summed E-state index contributed by atoms with van der Waals surface area (Å²) in [6, 6.07) is 0. The van der Waals surface area contributed by atoms with Crippen molar-refractivity contribution in [1.29, 1.82) is 0 Å². The number of rotatable bonds is 1. The average molecular weight is 175 g/mol. The molecule has 0 aromatic rings. The number of aliphatic hydroxyl groups excluding tert-OH is 1. The van der Waals surface area contributed by atoms with E-state index in [1.807, 2.05) is 27.7 Å². The van der Waals surface area contributed by atoms with Crippen LogP contribution in [0.4, 0.5) is 0 Å². The molecular weight excluding hydrogens is 150 g/mol. The van der Waals surface area contributed by atoms with Gasteiger partial charge in [0.15, 0.2) is 0 Å². The van der Waals surface area contributed by atoms with Gasteiger partial charge in [-0.25, -0.2) is 0 Å². The lowest BCUT2D eigenvalue weighted by Gasteiger charge is -2.09. The number of β-amino-alcohol motifs (C(OH)–C–C–N with tert-alkyl or cyclic N) is 1. The first kappa shape index (κ1) is 14.4. The summed E-state index contributed by atoms with van der Waals surface area (Å²) in [5.74, 6) is 0. The summed E-state index contributed by atoms with van der Waals surface area (Å²) in [6.45, 7) is 13.2. The SMILES string of the molecule is CC.CC.CCN1CCC(O)C1. The van der Waals surface area contributed by atoms with E-state index < -0.39 is 0 Å². The maximum atomic E-state index is 8.99. The molecule has 0 saturated carbocycles. The third-order valence-electron chi connectivity index (χ3n) is 1.69. The zero-order valence-corrected chi connectivity index (χ0v) is 9.30. The minimum atomic E-state index is -0.0463. The van der Waals surface area contributed by atoms with Crippen LogP contribution in [0.25, 0.3) is 0 Å². The summed E-state index contributed by atoms with van der Waals surface area (Å²) in [5.41, 5.74) is 0. The van der Waals surface area contributed by atoms with Crippen LogP contribution in [-0.4, -0.2) is 35.7 Å². The molecule has 0 aromatic carbocycles. The molecule has 0 aliphatic carbocycles. The first-order valence-electron chi connectivity index (χ1n) is 5.23. The van der Waals surface area contributed by atoms with Gasteiger partial charge in [0.2, 0.25) is 0 Å². The lowest BCUT2D eigenvalue weighted by molar-refractivity contribution is 0.178. The molecule has 1 unspecified atom stereocenters. The quantitative estimate of drug-likeness (QED) is 0.660. The van der Waals surface area contributed by atoms with Crippen molar-refractivity contribution in [2.24, 2.45) is 0 Å². The molecule has 2 heteroatoms. The molecule has 2 nitrogen and oxygen atoms in total. The molecule has 1 rings (SSSR count). The highest BCUT2D eigenvalue weighted by Crippen LogP contribution is 2.06. The van der Waals surface area contributed by atoms with E-state index in [0.29, 0.717) is 0 Å². The lowest BCUT2D eigenvalue weighted by Crippen LogP contribution is -2.21. The second-order valence-electron chi connectivity index (χ2n) is 2.34. The standard InChI is InChI=1S/C6H13NO.2C2H6/c1-2-7-4-3-6(8)5-7;2*1-2/h6,8H,2-5H2,1H3;2*1-2H3. The van der Waals surface area contributed by atoms with Gasteiger partial charge in [-0.15, -0.1) is 0 Å². The molecule has 1 fully saturated rings. The number of likely N-dealkylation sites (N-methyl/N-ethyl adjacent to an activating group) is 1. The summed E-state index contributed by atoms with van der Waals surface area (Å²) < 4.78 is 0. The van der Waals surface area contributed by atoms with Gasteiger partial charge < -0.3 is 10.0 Å². The summed E-state index contributed by atoms with van der Waals surface area (Å²) in [6.07, 6.45) is 0.920. The highest BCUT2D eigenvalue weighted by atomic mass is 16.3. The van der Waals surface area contributed by atoms with Crippen LogP contribution in [0.5, 0.6) is 0 Å². The Balaban J connectivity index is 0. The second-order valence-corrected chi connectivity index (χ2v) is 2.34. The normalized spacial score (nSPS) is 22.0. The van der Waals surface area contributed by atoms with E-state index in [2.05, 4.69) is 11.8 Å². The molecule has 0 bridgehead atoms. The van der Waals surface area contributed by atoms with E-state index in [-0.39, 0.29) is 6.10 Å². The lowest BCUT2D eigenvalue weighted by atomic mass is 10.3. The van der Waals surface area contributed by atoms with Crippen molar-refractivity contribution in [3.05, 3.63) is 0 Å². The number of hydrogen-bond donors (Lipinski definition) is 1. The zero-order valence-electron chi connectivity index (χ0n) is 9.30. The summed E-state index contributed by atoms with van der Waals surface area (Å²) in [7, 11) is 0. The molecule has 0 spiro atoms. The number of nitrogens with zero attached hydrogens (tertiary/aromatic N) is 1. The van der Waals surface area contributed by atoms with E-state index in [1.165, 1.54) is 0 Å². The summed E-state index contributed by atoms with van der Waals surface area (Å²) >= 11 is 0. The predicted octanol–water partition coefficient (Wildman–Crippen LogP) is 2.13. The molecule has 12 heavy (non-hydrogen) atoms. The zero-order chi connectivity index (χ0) is 9.98. The highest BCUT2D eigenvalue weighted by molar-refractivity contribution is 4.72. The fraction of sp³-hybridized carbons (Fsp3) is 1.00. The molecule has 0 aromatic heterocycles. The first-order valence-corrected chi connectivity index (χ1v) is 5.23. The third-order valence-corrected chi connectivity index (χ3v) is 1.69. The topological polar surface area (TPSA) is 23.5 Å². The number of aliphatic hydroxyl groups is 1. The largest absolute Gasteiger partial charge is 0.392 e. The van der Waals surface area contributed by atoms with E-state index in [9.17, 15) is 0 Å². The Morgan fingerprint density at radius 1 is 1.25 bits per heavy atom. The predicted molar refractivity (Wildman–Crippen MR) is 55.4 cm³/mol. The fourth-order valence-electron chi connectivity index (χ4n) is 1.10. The Morgan fingerprint density at radius 3 is 1.92 bits per heavy atom. The minimum absolute atomic E-state index is 0.0463. The monoisotopic (exact) mass is 175 g/mol. The van der Waals surface area contributed by atoms with Crippen LogP contribution in [0, 0.1) is 0 Å². The molecule has 1 aliphatic heterocycles. The molecule has 1 N–H and O–H groups in total. The van der Waals surface area contributed by atoms with Gasteiger partial charge >= 0.3 is 0 Å². The van der Waals surface area contributed by atoms with Gasteiger partial charge in [0.05, 0.1) is 6.10 Å². The Labute approximate surface area is 77.6 Å². The van der Waals surface area contributed by atoms with Crippen LogP contribution in [0.1, 0.15) is 41.0 Å². The van der Waals surface area contributed by atoms with Crippen molar-refractivity contribution in [1.82, 2.24) is 4.90 Å². The summed E-state index contributed by atoms with van der Waals surface area (Å²) in [5, 5.41) is 8.99. The molecule has 1 aliphatic rings. The number of hydrogen-bond acceptors (Lipinski definition) is 2. The maximum absolute atomic E-state index is 8.99. The molecule has 0 radical (unpaired) electrons. The van der Waals surface area contributed by atoms with Crippen molar-refractivity contribution in [3.8, 4) is 0 Å². The number of likely N-dealkylation sites (tertiary alicyclic amines) is 1. The summed E-state index contributed by atoms with van der Waals surface area (Å²) in [4.78, 5) is 2.25. The maximum Gasteiger partial charge on any atom is 0.0679 e. The van der Waals surface area contributed by atoms with Crippen LogP contribution in [0.3, 0.4) is 0 Å². The van der Waals surface area contributed by atoms with E-state index in [4.69, 9.17) is 5.11 Å².